The van der Waals surface area contributed by atoms with Crippen molar-refractivity contribution in [2.75, 3.05) is 13.1 Å². The van der Waals surface area contributed by atoms with Gasteiger partial charge in [-0.1, -0.05) is 88.2 Å². The third kappa shape index (κ3) is 10.7. The van der Waals surface area contributed by atoms with Crippen LogP contribution >= 0.6 is 0 Å². The van der Waals surface area contributed by atoms with Crippen LogP contribution < -0.4 is 10.6 Å². The molecule has 2 atom stereocenters. The maximum atomic E-state index is 14.3. The van der Waals surface area contributed by atoms with Crippen molar-refractivity contribution in [2.45, 2.75) is 97.8 Å². The van der Waals surface area contributed by atoms with E-state index in [1.165, 1.54) is 0 Å². The molecule has 2 aromatic rings. The monoisotopic (exact) mass is 537 g/mol. The van der Waals surface area contributed by atoms with Gasteiger partial charge in [0.1, 0.15) is 17.7 Å². The lowest BCUT2D eigenvalue weighted by molar-refractivity contribution is -0.142. The van der Waals surface area contributed by atoms with Crippen molar-refractivity contribution in [3.05, 3.63) is 71.3 Å². The van der Waals surface area contributed by atoms with Crippen molar-refractivity contribution in [3.8, 4) is 0 Å². The molecule has 0 aliphatic heterocycles. The van der Waals surface area contributed by atoms with Gasteiger partial charge >= 0.3 is 6.09 Å². The van der Waals surface area contributed by atoms with Gasteiger partial charge in [0, 0.05) is 19.5 Å². The molecule has 0 radical (unpaired) electrons. The number of nitrogens with one attached hydrogen (secondary N) is 2. The fraction of sp³-hybridized carbons (Fsp3) is 0.531. The molecule has 0 aromatic heterocycles. The van der Waals surface area contributed by atoms with E-state index in [0.29, 0.717) is 13.1 Å². The summed E-state index contributed by atoms with van der Waals surface area (Å²) < 4.78 is 5.50. The number of benzene rings is 2. The molecular formula is C32H47N3O4. The minimum atomic E-state index is -0.903. The molecule has 7 heteroatoms. The van der Waals surface area contributed by atoms with E-state index in [9.17, 15) is 14.4 Å². The molecule has 0 saturated heterocycles. The van der Waals surface area contributed by atoms with Gasteiger partial charge in [0.15, 0.2) is 0 Å². The minimum Gasteiger partial charge on any atom is -0.444 e. The largest absolute Gasteiger partial charge is 0.444 e. The molecule has 0 heterocycles. The summed E-state index contributed by atoms with van der Waals surface area (Å²) in [6.45, 7) is 12.5. The summed E-state index contributed by atoms with van der Waals surface area (Å²) in [5.41, 5.74) is 2.10. The second-order valence-corrected chi connectivity index (χ2v) is 10.9. The fourth-order valence-electron chi connectivity index (χ4n) is 4.29. The van der Waals surface area contributed by atoms with Crippen molar-refractivity contribution in [1.82, 2.24) is 15.5 Å². The number of carbonyl (C=O) groups is 3. The highest BCUT2D eigenvalue weighted by molar-refractivity contribution is 5.92. The van der Waals surface area contributed by atoms with E-state index in [0.717, 1.165) is 48.8 Å². The molecule has 0 aliphatic rings. The first-order chi connectivity index (χ1) is 18.6. The lowest BCUT2D eigenvalue weighted by Crippen LogP contribution is -2.54. The molecule has 0 spiro atoms. The Hall–Kier alpha value is -3.35. The summed E-state index contributed by atoms with van der Waals surface area (Å²) in [5, 5.41) is 5.85. The maximum absolute atomic E-state index is 14.3. The van der Waals surface area contributed by atoms with Gasteiger partial charge in [-0.25, -0.2) is 4.79 Å². The number of carbonyl (C=O) groups excluding carboxylic acids is 3. The lowest BCUT2D eigenvalue weighted by Gasteiger charge is -2.34. The molecule has 214 valence electrons. The first-order valence-corrected chi connectivity index (χ1v) is 14.3. The molecule has 0 aliphatic carbocycles. The van der Waals surface area contributed by atoms with E-state index in [1.807, 2.05) is 54.6 Å². The number of hydrogen-bond donors (Lipinski definition) is 2. The molecule has 2 rings (SSSR count). The highest BCUT2D eigenvalue weighted by Crippen LogP contribution is 2.25. The number of unbranched alkanes of at least 4 members (excludes halogenated alkanes) is 2. The molecule has 3 amide bonds. The minimum absolute atomic E-state index is 0.215. The summed E-state index contributed by atoms with van der Waals surface area (Å²) in [4.78, 5) is 42.4. The fourth-order valence-corrected chi connectivity index (χ4v) is 4.29. The zero-order chi connectivity index (χ0) is 28.8. The third-order valence-electron chi connectivity index (χ3n) is 6.40. The molecule has 39 heavy (non-hydrogen) atoms. The van der Waals surface area contributed by atoms with Crippen LogP contribution in [0.3, 0.4) is 0 Å². The molecule has 2 unspecified atom stereocenters. The van der Waals surface area contributed by atoms with Gasteiger partial charge in [0.05, 0.1) is 0 Å². The Morgan fingerprint density at radius 2 is 1.51 bits per heavy atom. The lowest BCUT2D eigenvalue weighted by atomic mass is 9.98. The molecule has 0 bridgehead atoms. The van der Waals surface area contributed by atoms with E-state index in [1.54, 1.807) is 25.7 Å². The van der Waals surface area contributed by atoms with Gasteiger partial charge in [0.2, 0.25) is 11.8 Å². The van der Waals surface area contributed by atoms with Gasteiger partial charge < -0.3 is 20.3 Å². The zero-order valence-corrected chi connectivity index (χ0v) is 24.6. The summed E-state index contributed by atoms with van der Waals surface area (Å²) in [6, 6.07) is 15.7. The van der Waals surface area contributed by atoms with Gasteiger partial charge in [-0.05, 0) is 56.7 Å². The van der Waals surface area contributed by atoms with Crippen LogP contribution in [0.25, 0.3) is 0 Å². The van der Waals surface area contributed by atoms with Crippen LogP contribution in [0, 0.1) is 0 Å². The summed E-state index contributed by atoms with van der Waals surface area (Å²) in [5.74, 6) is -0.527. The van der Waals surface area contributed by atoms with E-state index < -0.39 is 23.8 Å². The van der Waals surface area contributed by atoms with Crippen LogP contribution in [-0.2, 0) is 27.2 Å². The number of amides is 3. The third-order valence-corrected chi connectivity index (χ3v) is 6.40. The number of ether oxygens (including phenoxy) is 1. The summed E-state index contributed by atoms with van der Waals surface area (Å²) in [7, 11) is 0. The van der Waals surface area contributed by atoms with Gasteiger partial charge in [0.25, 0.3) is 0 Å². The maximum Gasteiger partial charge on any atom is 0.408 e. The average Bonchev–Trinajstić information content (AvgIpc) is 2.90. The van der Waals surface area contributed by atoms with E-state index >= 15 is 0 Å². The summed E-state index contributed by atoms with van der Waals surface area (Å²) in [6.07, 6.45) is 3.88. The molecular weight excluding hydrogens is 490 g/mol. The van der Waals surface area contributed by atoms with Crippen molar-refractivity contribution in [3.63, 3.8) is 0 Å². The molecule has 2 aromatic carbocycles. The number of hydrogen-bond acceptors (Lipinski definition) is 4. The Labute approximate surface area is 234 Å². The first-order valence-electron chi connectivity index (χ1n) is 14.3. The molecule has 2 N–H and O–H groups in total. The number of aryl methyl sites for hydroxylation is 1. The van der Waals surface area contributed by atoms with E-state index in [2.05, 4.69) is 31.4 Å². The Morgan fingerprint density at radius 1 is 0.872 bits per heavy atom. The van der Waals surface area contributed by atoms with Crippen LogP contribution in [0.4, 0.5) is 4.79 Å². The zero-order valence-electron chi connectivity index (χ0n) is 24.6. The quantitative estimate of drug-likeness (QED) is 0.291. The van der Waals surface area contributed by atoms with Crippen molar-refractivity contribution < 1.29 is 19.1 Å². The molecule has 7 nitrogen and oxygen atoms in total. The smallest absolute Gasteiger partial charge is 0.408 e. The Morgan fingerprint density at radius 3 is 2.08 bits per heavy atom. The van der Waals surface area contributed by atoms with Crippen molar-refractivity contribution >= 4 is 17.9 Å². The van der Waals surface area contributed by atoms with Crippen LogP contribution in [-0.4, -0.2) is 47.5 Å². The predicted octanol–water partition coefficient (Wildman–Crippen LogP) is 5.97. The first kappa shape index (κ1) is 31.9. The van der Waals surface area contributed by atoms with E-state index in [-0.39, 0.29) is 18.2 Å². The second-order valence-electron chi connectivity index (χ2n) is 10.9. The molecule has 0 saturated carbocycles. The topological polar surface area (TPSA) is 87.7 Å². The molecule has 0 fully saturated rings. The van der Waals surface area contributed by atoms with Crippen molar-refractivity contribution in [2.24, 2.45) is 0 Å². The standard InChI is InChI=1S/C32H47N3O4/c1-7-10-21-33-29(36)28(26-19-17-24(9-3)18-20-26)35(22-11-8-2)30(37)27(23-25-15-13-12-14-16-25)34-31(38)39-32(4,5)6/h12-20,27-28H,7-11,21-23H2,1-6H3,(H,33,36)(H,34,38). The highest BCUT2D eigenvalue weighted by Gasteiger charge is 2.36. The van der Waals surface area contributed by atoms with Gasteiger partial charge in [-0.15, -0.1) is 0 Å². The van der Waals surface area contributed by atoms with Crippen LogP contribution in [0.1, 0.15) is 90.0 Å². The average molecular weight is 538 g/mol. The van der Waals surface area contributed by atoms with Crippen LogP contribution in [0.15, 0.2) is 54.6 Å². The Bertz CT molecular complexity index is 1030. The van der Waals surface area contributed by atoms with Crippen LogP contribution in [0.5, 0.6) is 0 Å². The number of nitrogens with zero attached hydrogens (tertiary/aromatic N) is 1. The number of alkyl carbamates (subject to hydrolysis) is 1. The number of rotatable bonds is 14. The summed E-state index contributed by atoms with van der Waals surface area (Å²) >= 11 is 0. The predicted molar refractivity (Wildman–Crippen MR) is 156 cm³/mol. The Balaban J connectivity index is 2.50. The normalized spacial score (nSPS) is 12.8. The highest BCUT2D eigenvalue weighted by atomic mass is 16.6. The van der Waals surface area contributed by atoms with Gasteiger partial charge in [-0.3, -0.25) is 9.59 Å². The SMILES string of the molecule is CCCCNC(=O)C(c1ccc(CC)cc1)N(CCCC)C(=O)C(Cc1ccccc1)NC(=O)OC(C)(C)C. The van der Waals surface area contributed by atoms with Gasteiger partial charge in [-0.2, -0.15) is 0 Å². The second kappa shape index (κ2) is 15.9. The Kier molecular flexibility index (Phi) is 13.0. The van der Waals surface area contributed by atoms with Crippen LogP contribution in [0.2, 0.25) is 0 Å². The van der Waals surface area contributed by atoms with E-state index in [4.69, 9.17) is 4.74 Å². The van der Waals surface area contributed by atoms with Crippen molar-refractivity contribution in [1.29, 1.82) is 0 Å².